The molecule has 0 atom stereocenters. The molecule has 0 spiro atoms. The van der Waals surface area contributed by atoms with Gasteiger partial charge in [0.15, 0.2) is 5.56 Å². The van der Waals surface area contributed by atoms with E-state index in [1.165, 1.54) is 12.1 Å². The molecule has 1 heterocycles. The molecule has 0 radical (unpaired) electrons. The molecule has 140 valence electrons. The smallest absolute Gasteiger partial charge is 0.346 e. The average molecular weight is 396 g/mol. The molecule has 0 fully saturated rings. The maximum absolute atomic E-state index is 12.5. The summed E-state index contributed by atoms with van der Waals surface area (Å²) in [6.07, 6.45) is 0. The second-order valence-corrected chi connectivity index (χ2v) is 6.05. The zero-order chi connectivity index (χ0) is 20.1. The highest BCUT2D eigenvalue weighted by atomic mass is 35.5. The molecule has 7 nitrogen and oxygen atoms in total. The fraction of sp³-hybridized carbons (Fsp3) is 0.100. The van der Waals surface area contributed by atoms with E-state index in [2.05, 4.69) is 10.5 Å². The number of nitrogens with one attached hydrogen (secondary N) is 1. The Balaban J connectivity index is 1.98. The quantitative estimate of drug-likeness (QED) is 0.646. The first-order valence-corrected chi connectivity index (χ1v) is 8.65. The van der Waals surface area contributed by atoms with Crippen molar-refractivity contribution in [3.05, 3.63) is 70.2 Å². The zero-order valence-corrected chi connectivity index (χ0v) is 15.5. The second kappa shape index (κ2) is 8.37. The molecule has 3 aromatic rings. The van der Waals surface area contributed by atoms with Crippen LogP contribution in [-0.2, 0) is 4.74 Å². The Hall–Kier alpha value is -3.63. The number of carbonyl (C=O) groups excluding carboxylic acids is 2. The number of nitriles is 1. The number of rotatable bonds is 5. The molecule has 0 saturated heterocycles. The van der Waals surface area contributed by atoms with Crippen molar-refractivity contribution in [1.29, 1.82) is 5.26 Å². The van der Waals surface area contributed by atoms with Crippen molar-refractivity contribution in [2.45, 2.75) is 6.92 Å². The van der Waals surface area contributed by atoms with Gasteiger partial charge in [-0.05, 0) is 37.3 Å². The van der Waals surface area contributed by atoms with Gasteiger partial charge < -0.3 is 9.26 Å². The van der Waals surface area contributed by atoms with Gasteiger partial charge in [0.05, 0.1) is 18.2 Å². The van der Waals surface area contributed by atoms with Crippen molar-refractivity contribution in [1.82, 2.24) is 5.16 Å². The van der Waals surface area contributed by atoms with Crippen molar-refractivity contribution in [3.63, 3.8) is 0 Å². The Morgan fingerprint density at radius 1 is 1.25 bits per heavy atom. The minimum absolute atomic E-state index is 0.00559. The SMILES string of the molecule is CCOC(=O)c1c(-c2ccc(Cl)cc2)noc1NC(=O)c1cccc(C#N)c1. The van der Waals surface area contributed by atoms with Crippen molar-refractivity contribution >= 4 is 29.4 Å². The van der Waals surface area contributed by atoms with Gasteiger partial charge in [-0.1, -0.05) is 35.0 Å². The number of hydrogen-bond acceptors (Lipinski definition) is 6. The molecule has 2 aromatic carbocycles. The van der Waals surface area contributed by atoms with Crippen LogP contribution in [-0.4, -0.2) is 23.6 Å². The molecular weight excluding hydrogens is 382 g/mol. The Labute approximate surface area is 165 Å². The number of halogens is 1. The summed E-state index contributed by atoms with van der Waals surface area (Å²) in [5.41, 5.74) is 1.35. The van der Waals surface area contributed by atoms with Gasteiger partial charge >= 0.3 is 5.97 Å². The number of nitrogens with zero attached hydrogens (tertiary/aromatic N) is 2. The normalized spacial score (nSPS) is 10.2. The summed E-state index contributed by atoms with van der Waals surface area (Å²) >= 11 is 5.90. The van der Waals surface area contributed by atoms with Gasteiger partial charge in [-0.15, -0.1) is 0 Å². The molecular formula is C20H14ClN3O4. The van der Waals surface area contributed by atoms with Crippen molar-refractivity contribution in [2.24, 2.45) is 0 Å². The number of ether oxygens (including phenoxy) is 1. The van der Waals surface area contributed by atoms with E-state index >= 15 is 0 Å². The fourth-order valence-corrected chi connectivity index (χ4v) is 2.60. The molecule has 0 aliphatic rings. The van der Waals surface area contributed by atoms with Crippen LogP contribution in [0, 0.1) is 11.3 Å². The molecule has 0 saturated carbocycles. The van der Waals surface area contributed by atoms with Crippen LogP contribution in [0.2, 0.25) is 5.02 Å². The maximum atomic E-state index is 12.5. The van der Waals surface area contributed by atoms with Crippen LogP contribution in [0.15, 0.2) is 53.1 Å². The topological polar surface area (TPSA) is 105 Å². The molecule has 0 aliphatic heterocycles. The lowest BCUT2D eigenvalue weighted by molar-refractivity contribution is 0.0528. The number of esters is 1. The number of aromatic nitrogens is 1. The Kier molecular flexibility index (Phi) is 5.72. The van der Waals surface area contributed by atoms with Gasteiger partial charge in [0.2, 0.25) is 5.88 Å². The molecule has 0 aliphatic carbocycles. The minimum atomic E-state index is -0.685. The van der Waals surface area contributed by atoms with Crippen LogP contribution in [0.5, 0.6) is 0 Å². The first-order chi connectivity index (χ1) is 13.5. The van der Waals surface area contributed by atoms with E-state index in [0.717, 1.165) is 0 Å². The Morgan fingerprint density at radius 3 is 2.68 bits per heavy atom. The van der Waals surface area contributed by atoms with Crippen molar-refractivity contribution in [2.75, 3.05) is 11.9 Å². The third-order valence-electron chi connectivity index (χ3n) is 3.77. The predicted molar refractivity (Wildman–Crippen MR) is 102 cm³/mol. The van der Waals surface area contributed by atoms with Gasteiger partial charge in [0, 0.05) is 16.1 Å². The second-order valence-electron chi connectivity index (χ2n) is 5.61. The Bertz CT molecular complexity index is 1070. The van der Waals surface area contributed by atoms with E-state index < -0.39 is 11.9 Å². The summed E-state index contributed by atoms with van der Waals surface area (Å²) in [6, 6.07) is 14.7. The fourth-order valence-electron chi connectivity index (χ4n) is 2.48. The molecule has 3 rings (SSSR count). The largest absolute Gasteiger partial charge is 0.462 e. The highest BCUT2D eigenvalue weighted by molar-refractivity contribution is 6.30. The van der Waals surface area contributed by atoms with E-state index in [4.69, 9.17) is 26.1 Å². The summed E-state index contributed by atoms with van der Waals surface area (Å²) in [7, 11) is 0. The molecule has 1 N–H and O–H groups in total. The highest BCUT2D eigenvalue weighted by Gasteiger charge is 2.27. The molecule has 0 bridgehead atoms. The molecule has 0 unspecified atom stereocenters. The number of amides is 1. The molecule has 8 heteroatoms. The summed E-state index contributed by atoms with van der Waals surface area (Å²) in [4.78, 5) is 25.0. The molecule has 1 aromatic heterocycles. The van der Waals surface area contributed by atoms with Crippen LogP contribution in [0.25, 0.3) is 11.3 Å². The first kappa shape index (κ1) is 19.1. The van der Waals surface area contributed by atoms with Gasteiger partial charge in [0.25, 0.3) is 5.91 Å². The first-order valence-electron chi connectivity index (χ1n) is 8.27. The van der Waals surface area contributed by atoms with Gasteiger partial charge in [-0.2, -0.15) is 5.26 Å². The van der Waals surface area contributed by atoms with Crippen LogP contribution < -0.4 is 5.32 Å². The van der Waals surface area contributed by atoms with E-state index in [-0.39, 0.29) is 29.3 Å². The summed E-state index contributed by atoms with van der Waals surface area (Å²) < 4.78 is 10.3. The van der Waals surface area contributed by atoms with Crippen molar-refractivity contribution < 1.29 is 18.8 Å². The van der Waals surface area contributed by atoms with Crippen LogP contribution in [0.3, 0.4) is 0 Å². The summed E-state index contributed by atoms with van der Waals surface area (Å²) in [5, 5.41) is 15.9. The lowest BCUT2D eigenvalue weighted by Crippen LogP contribution is -2.15. The number of anilines is 1. The third kappa shape index (κ3) is 4.03. The number of hydrogen-bond donors (Lipinski definition) is 1. The van der Waals surface area contributed by atoms with Crippen LogP contribution in [0.4, 0.5) is 5.88 Å². The zero-order valence-electron chi connectivity index (χ0n) is 14.7. The van der Waals surface area contributed by atoms with Gasteiger partial charge in [-0.25, -0.2) is 4.79 Å². The van der Waals surface area contributed by atoms with Crippen molar-refractivity contribution in [3.8, 4) is 17.3 Å². The number of benzene rings is 2. The molecule has 1 amide bonds. The summed E-state index contributed by atoms with van der Waals surface area (Å²) in [6.45, 7) is 1.81. The van der Waals surface area contributed by atoms with Gasteiger partial charge in [-0.3, -0.25) is 10.1 Å². The van der Waals surface area contributed by atoms with E-state index in [1.807, 2.05) is 6.07 Å². The molecule has 28 heavy (non-hydrogen) atoms. The Morgan fingerprint density at radius 2 is 2.00 bits per heavy atom. The monoisotopic (exact) mass is 395 g/mol. The van der Waals surface area contributed by atoms with Crippen LogP contribution in [0.1, 0.15) is 33.2 Å². The third-order valence-corrected chi connectivity index (χ3v) is 4.02. The summed E-state index contributed by atoms with van der Waals surface area (Å²) in [5.74, 6) is -1.38. The lowest BCUT2D eigenvalue weighted by atomic mass is 10.1. The lowest BCUT2D eigenvalue weighted by Gasteiger charge is -2.06. The maximum Gasteiger partial charge on any atom is 0.346 e. The van der Waals surface area contributed by atoms with Crippen LogP contribution >= 0.6 is 11.6 Å². The standard InChI is InChI=1S/C20H14ClN3O4/c1-2-27-20(26)16-17(13-6-8-15(21)9-7-13)24-28-19(16)23-18(25)14-5-3-4-12(10-14)11-22/h3-10H,2H2,1H3,(H,23,25). The van der Waals surface area contributed by atoms with E-state index in [0.29, 0.717) is 16.1 Å². The van der Waals surface area contributed by atoms with E-state index in [1.54, 1.807) is 43.3 Å². The van der Waals surface area contributed by atoms with Gasteiger partial charge in [0.1, 0.15) is 5.69 Å². The van der Waals surface area contributed by atoms with E-state index in [9.17, 15) is 9.59 Å². The highest BCUT2D eigenvalue weighted by Crippen LogP contribution is 2.30. The predicted octanol–water partition coefficient (Wildman–Crippen LogP) is 4.30. The average Bonchev–Trinajstić information content (AvgIpc) is 3.12. The number of carbonyl (C=O) groups is 2. The minimum Gasteiger partial charge on any atom is -0.462 e.